The largest absolute Gasteiger partial charge is 0.480 e. The van der Waals surface area contributed by atoms with E-state index in [-0.39, 0.29) is 108 Å². The van der Waals surface area contributed by atoms with Crippen molar-refractivity contribution in [3.8, 4) is 0 Å². The molecule has 10 atom stereocenters. The van der Waals surface area contributed by atoms with E-state index in [1.54, 1.807) is 44.7 Å². The van der Waals surface area contributed by atoms with Crippen LogP contribution in [0.5, 0.6) is 0 Å². The molecule has 0 aliphatic carbocycles. The normalized spacial score (nSPS) is 14.1. The number of para-hydroxylation sites is 4. The second-order valence-electron chi connectivity index (χ2n) is 26.7. The fourth-order valence-electron chi connectivity index (χ4n) is 12.8. The number of H-pyrrole nitrogens is 4. The molecule has 0 unspecified atom stereocenters. The highest BCUT2D eigenvalue weighted by Gasteiger charge is 2.37. The van der Waals surface area contributed by atoms with E-state index in [0.29, 0.717) is 58.8 Å². The number of amides is 8. The van der Waals surface area contributed by atoms with E-state index in [4.69, 9.17) is 44.9 Å². The van der Waals surface area contributed by atoms with Crippen molar-refractivity contribution in [3.63, 3.8) is 0 Å². The van der Waals surface area contributed by atoms with Gasteiger partial charge >= 0.3 is 5.97 Å². The van der Waals surface area contributed by atoms with Gasteiger partial charge in [0.25, 0.3) is 0 Å². The van der Waals surface area contributed by atoms with E-state index < -0.39 is 114 Å². The number of hydrogen-bond acceptors (Lipinski definition) is 14. The number of rotatable bonds is 43. The molecule has 0 aliphatic rings. The summed E-state index contributed by atoms with van der Waals surface area (Å²) >= 11 is 0. The average molecular weight is 1470 g/mol. The Kier molecular flexibility index (Phi) is 30.0. The standard InChI is InChI=1S/C74H101N23O10/c1-3-41(2)62(97-66(101)57(28-16-32-85-74(81)82)91-67(102)58(33-42-37-86-51-22-8-4-17-46(42)51)93-63(98)50(76)21-14-30-83-72(77)78)70(105)92-55(26-12-13-29-75)64(99)90-56(27-15-31-84-73(79)80)65(100)94-59(34-43-38-87-52-23-9-5-18-47(43)52)68(103)95-60(35-44-39-88-53-24-10-6-19-48(44)53)69(104)96-61(71(106)107)36-45-40-89-54-25-11-7-20-49(45)54/h4-11,17-20,22-25,37-41,50,55-62,86-89H,3,12-16,21,26-36,75-76H2,1-2H3,(H,90,99)(H,91,102)(H,92,105)(H,93,98)(H,94,100)(H,95,103)(H,96,104)(H,97,101)(H,106,107)(H4,77,78,83)(H4,79,80,84)(H4,81,82,85)/t41-,50-,55-,56-,57-,58-,59-,60-,61-,62-/m0/s1. The number of carbonyl (C=O) groups is 9. The summed E-state index contributed by atoms with van der Waals surface area (Å²) in [6.07, 6.45) is 7.90. The van der Waals surface area contributed by atoms with Crippen molar-refractivity contribution in [1.82, 2.24) is 78.4 Å². The lowest BCUT2D eigenvalue weighted by molar-refractivity contribution is -0.142. The lowest BCUT2D eigenvalue weighted by Gasteiger charge is -2.30. The molecule has 0 spiro atoms. The van der Waals surface area contributed by atoms with E-state index >= 15 is 19.2 Å². The number of carbonyl (C=O) groups excluding carboxylic acids is 8. The molecular weight excluding hydrogens is 1370 g/mol. The van der Waals surface area contributed by atoms with Crippen LogP contribution in [-0.2, 0) is 68.8 Å². The van der Waals surface area contributed by atoms with E-state index in [2.05, 4.69) is 78.4 Å². The number of unbranched alkanes of at least 4 members (excludes halogenated alkanes) is 1. The van der Waals surface area contributed by atoms with Crippen LogP contribution in [0, 0.1) is 22.1 Å². The van der Waals surface area contributed by atoms with Gasteiger partial charge in [-0.3, -0.25) is 54.6 Å². The van der Waals surface area contributed by atoms with Gasteiger partial charge in [-0.25, -0.2) is 4.79 Å². The van der Waals surface area contributed by atoms with Crippen molar-refractivity contribution in [1.29, 1.82) is 16.2 Å². The lowest BCUT2D eigenvalue weighted by Crippen LogP contribution is -2.61. The molecule has 0 saturated carbocycles. The molecule has 0 saturated heterocycles. The number of aliphatic carboxylic acids is 1. The number of guanidine groups is 3. The first kappa shape index (κ1) is 80.7. The molecule has 0 bridgehead atoms. The van der Waals surface area contributed by atoms with Gasteiger partial charge in [-0.2, -0.15) is 0 Å². The van der Waals surface area contributed by atoms with Gasteiger partial charge in [-0.05, 0) is 117 Å². The smallest absolute Gasteiger partial charge is 0.326 e. The Morgan fingerprint density at radius 2 is 0.682 bits per heavy atom. The Hall–Kier alpha value is -12.0. The third-order valence-corrected chi connectivity index (χ3v) is 18.9. The molecule has 0 radical (unpaired) electrons. The SMILES string of the molecule is CC[C@H](C)[C@H](NC(=O)[C@H](CCCNC(=N)N)NC(=O)[C@H](Cc1c[nH]c2ccccc12)NC(=O)[C@@H](N)CCCNC(=N)N)C(=O)N[C@@H](CCCCN)C(=O)N[C@@H](CCCNC(=N)N)C(=O)N[C@@H](Cc1c[nH]c2ccccc12)C(=O)N[C@@H](Cc1c[nH]c2ccccc12)C(=O)N[C@@H](Cc1c[nH]c2ccccc12)C(=O)O. The minimum atomic E-state index is -1.49. The van der Waals surface area contributed by atoms with E-state index in [0.717, 1.165) is 32.7 Å². The zero-order chi connectivity index (χ0) is 77.1. The van der Waals surface area contributed by atoms with Gasteiger partial charge in [0.2, 0.25) is 47.3 Å². The average Bonchev–Trinajstić information content (AvgIpc) is 1.72. The Bertz CT molecular complexity index is 4410. The summed E-state index contributed by atoms with van der Waals surface area (Å²) in [6, 6.07) is 16.9. The maximum Gasteiger partial charge on any atom is 0.326 e. The third kappa shape index (κ3) is 23.5. The lowest BCUT2D eigenvalue weighted by atomic mass is 9.96. The van der Waals surface area contributed by atoms with Crippen LogP contribution < -0.4 is 87.2 Å². The number of aromatic nitrogens is 4. The predicted molar refractivity (Wildman–Crippen MR) is 409 cm³/mol. The molecule has 107 heavy (non-hydrogen) atoms. The molecule has 33 heteroatoms. The molecule has 4 aromatic carbocycles. The summed E-state index contributed by atoms with van der Waals surface area (Å²) < 4.78 is 0. The summed E-state index contributed by atoms with van der Waals surface area (Å²) in [5, 5.41) is 67.1. The number of carboxylic acid groups (broad SMARTS) is 1. The fraction of sp³-hybridized carbons (Fsp3) is 0.405. The van der Waals surface area contributed by atoms with Gasteiger partial charge in [0.15, 0.2) is 17.9 Å². The molecule has 8 aromatic rings. The molecule has 33 nitrogen and oxygen atoms in total. The van der Waals surface area contributed by atoms with Crippen LogP contribution in [0.2, 0.25) is 0 Å². The van der Waals surface area contributed by atoms with Crippen molar-refractivity contribution in [3.05, 3.63) is 144 Å². The van der Waals surface area contributed by atoms with Crippen molar-refractivity contribution in [2.45, 2.75) is 158 Å². The van der Waals surface area contributed by atoms with Crippen LogP contribution in [-0.4, -0.2) is 177 Å². The fourth-order valence-corrected chi connectivity index (χ4v) is 12.8. The van der Waals surface area contributed by atoms with E-state index in [9.17, 15) is 29.1 Å². The molecule has 8 amide bonds. The van der Waals surface area contributed by atoms with Gasteiger partial charge < -0.3 is 112 Å². The number of benzene rings is 4. The zero-order valence-corrected chi connectivity index (χ0v) is 60.1. The molecule has 4 heterocycles. The molecule has 0 aliphatic heterocycles. The van der Waals surface area contributed by atoms with E-state index in [1.165, 1.54) is 0 Å². The van der Waals surface area contributed by atoms with Crippen LogP contribution in [0.4, 0.5) is 0 Å². The minimum absolute atomic E-state index is 0.0174. The third-order valence-electron chi connectivity index (χ3n) is 18.9. The topological polar surface area (TPSA) is 571 Å². The van der Waals surface area contributed by atoms with E-state index in [1.807, 2.05) is 91.0 Å². The highest BCUT2D eigenvalue weighted by molar-refractivity contribution is 6.00. The second kappa shape index (κ2) is 39.8. The van der Waals surface area contributed by atoms with Gasteiger partial charge in [-0.15, -0.1) is 0 Å². The number of hydrogen-bond donors (Lipinski definition) is 24. The number of aromatic amines is 4. The first-order valence-corrected chi connectivity index (χ1v) is 36.0. The molecule has 8 rings (SSSR count). The van der Waals surface area contributed by atoms with Gasteiger partial charge in [-0.1, -0.05) is 93.1 Å². The predicted octanol–water partition coefficient (Wildman–Crippen LogP) is 1.14. The van der Waals surface area contributed by atoms with Crippen LogP contribution in [0.1, 0.15) is 100 Å². The summed E-state index contributed by atoms with van der Waals surface area (Å²) in [6.45, 7) is 4.14. The number of fused-ring (bicyclic) bond motifs is 4. The van der Waals surface area contributed by atoms with Gasteiger partial charge in [0.1, 0.15) is 48.3 Å². The van der Waals surface area contributed by atoms with Crippen molar-refractivity contribution < 1.29 is 48.3 Å². The Morgan fingerprint density at radius 1 is 0.393 bits per heavy atom. The molecular formula is C74H101N23O10. The van der Waals surface area contributed by atoms with Crippen LogP contribution in [0.25, 0.3) is 43.6 Å². The monoisotopic (exact) mass is 1470 g/mol. The van der Waals surface area contributed by atoms with Crippen LogP contribution in [0.3, 0.4) is 0 Å². The van der Waals surface area contributed by atoms with Crippen molar-refractivity contribution in [2.75, 3.05) is 26.2 Å². The summed E-state index contributed by atoms with van der Waals surface area (Å²) in [7, 11) is 0. The molecule has 0 fully saturated rings. The van der Waals surface area contributed by atoms with Gasteiger partial charge in [0, 0.05) is 114 Å². The minimum Gasteiger partial charge on any atom is -0.480 e. The second-order valence-corrected chi connectivity index (χ2v) is 26.7. The summed E-state index contributed by atoms with van der Waals surface area (Å²) in [5.41, 5.74) is 34.4. The number of nitrogens with two attached hydrogens (primary N) is 5. The first-order chi connectivity index (χ1) is 51.4. The molecule has 29 N–H and O–H groups in total. The van der Waals surface area contributed by atoms with Gasteiger partial charge in [0.05, 0.1) is 6.04 Å². The van der Waals surface area contributed by atoms with Crippen molar-refractivity contribution >= 4 is 115 Å². The molecule has 4 aromatic heterocycles. The summed E-state index contributed by atoms with van der Waals surface area (Å²) in [4.78, 5) is 145. The Balaban J connectivity index is 1.05. The highest BCUT2D eigenvalue weighted by atomic mass is 16.4. The van der Waals surface area contributed by atoms with Crippen LogP contribution >= 0.6 is 0 Å². The molecule has 572 valence electrons. The quantitative estimate of drug-likeness (QED) is 0.0145. The Labute approximate surface area is 618 Å². The highest BCUT2D eigenvalue weighted by Crippen LogP contribution is 2.25. The van der Waals surface area contributed by atoms with Crippen molar-refractivity contribution in [2.24, 2.45) is 34.6 Å². The maximum absolute atomic E-state index is 15.3. The maximum atomic E-state index is 15.3. The number of nitrogens with one attached hydrogen (secondary N) is 18. The summed E-state index contributed by atoms with van der Waals surface area (Å²) in [5.74, 6) is -9.34. The number of carboxylic acids is 1. The first-order valence-electron chi connectivity index (χ1n) is 36.0. The Morgan fingerprint density at radius 3 is 1.03 bits per heavy atom. The van der Waals surface area contributed by atoms with Crippen LogP contribution in [0.15, 0.2) is 122 Å². The zero-order valence-electron chi connectivity index (χ0n) is 60.1.